The molecule has 0 saturated heterocycles. The Bertz CT molecular complexity index is 597. The summed E-state index contributed by atoms with van der Waals surface area (Å²) in [7, 11) is 0. The zero-order chi connectivity index (χ0) is 17.2. The van der Waals surface area contributed by atoms with E-state index >= 15 is 0 Å². The summed E-state index contributed by atoms with van der Waals surface area (Å²) in [5.74, 6) is 1.68. The number of halogens is 1. The first-order valence-electron chi connectivity index (χ1n) is 9.37. The van der Waals surface area contributed by atoms with Crippen molar-refractivity contribution in [2.24, 2.45) is 17.1 Å². The molecule has 1 spiro atoms. The quantitative estimate of drug-likeness (QED) is 0.833. The van der Waals surface area contributed by atoms with Gasteiger partial charge in [0.25, 0.3) is 0 Å². The fourth-order valence-electron chi connectivity index (χ4n) is 4.52. The summed E-state index contributed by atoms with van der Waals surface area (Å²) in [5, 5.41) is 3.32. The Labute approximate surface area is 157 Å². The van der Waals surface area contributed by atoms with E-state index in [1.807, 2.05) is 13.8 Å². The predicted octanol–water partition coefficient (Wildman–Crippen LogP) is 3.77. The van der Waals surface area contributed by atoms with E-state index in [4.69, 9.17) is 10.5 Å². The molecule has 0 aromatic heterocycles. The molecule has 2 aliphatic carbocycles. The molecule has 5 heteroatoms. The molecule has 1 aromatic carbocycles. The number of hydrogen-bond acceptors (Lipinski definition) is 3. The van der Waals surface area contributed by atoms with E-state index in [0.29, 0.717) is 18.9 Å². The lowest BCUT2D eigenvalue weighted by Crippen LogP contribution is -2.41. The van der Waals surface area contributed by atoms with Gasteiger partial charge in [-0.2, -0.15) is 0 Å². The van der Waals surface area contributed by atoms with Crippen molar-refractivity contribution in [3.8, 4) is 5.75 Å². The van der Waals surface area contributed by atoms with Crippen LogP contribution in [-0.2, 0) is 11.2 Å². The van der Waals surface area contributed by atoms with Gasteiger partial charge in [-0.25, -0.2) is 0 Å². The number of carbonyl (C=O) groups is 1. The van der Waals surface area contributed by atoms with Crippen LogP contribution in [0, 0.1) is 11.3 Å². The summed E-state index contributed by atoms with van der Waals surface area (Å²) in [6, 6.07) is 6.50. The Morgan fingerprint density at radius 3 is 2.64 bits per heavy atom. The highest BCUT2D eigenvalue weighted by Crippen LogP contribution is 2.55. The number of carbonyl (C=O) groups excluding carboxylic acids is 1. The van der Waals surface area contributed by atoms with Gasteiger partial charge in [-0.15, -0.1) is 12.4 Å². The van der Waals surface area contributed by atoms with Gasteiger partial charge in [0.2, 0.25) is 5.91 Å². The van der Waals surface area contributed by atoms with Crippen LogP contribution in [0.25, 0.3) is 0 Å². The molecule has 1 amide bonds. The highest BCUT2D eigenvalue weighted by atomic mass is 35.5. The van der Waals surface area contributed by atoms with Crippen molar-refractivity contribution >= 4 is 18.3 Å². The van der Waals surface area contributed by atoms with E-state index in [1.165, 1.54) is 24.0 Å². The first-order valence-corrected chi connectivity index (χ1v) is 9.37. The van der Waals surface area contributed by atoms with E-state index in [-0.39, 0.29) is 29.8 Å². The maximum absolute atomic E-state index is 12.2. The Hall–Kier alpha value is -1.26. The lowest BCUT2D eigenvalue weighted by Gasteiger charge is -2.42. The van der Waals surface area contributed by atoms with Crippen LogP contribution in [0.1, 0.15) is 63.1 Å². The Balaban J connectivity index is 0.00000225. The summed E-state index contributed by atoms with van der Waals surface area (Å²) in [6.07, 6.45) is 6.20. The summed E-state index contributed by atoms with van der Waals surface area (Å²) >= 11 is 0. The molecule has 1 fully saturated rings. The number of nitrogens with one attached hydrogen (secondary N) is 1. The number of rotatable bonds is 5. The first kappa shape index (κ1) is 20.1. The number of nitrogens with two attached hydrogens (primary N) is 1. The smallest absolute Gasteiger partial charge is 0.220 e. The third-order valence-electron chi connectivity index (χ3n) is 5.95. The highest BCUT2D eigenvalue weighted by molar-refractivity contribution is 5.85. The average Bonchev–Trinajstić information content (AvgIpc) is 2.89. The molecule has 2 aliphatic rings. The molecule has 1 atom stereocenters. The molecule has 0 radical (unpaired) electrons. The van der Waals surface area contributed by atoms with Crippen LogP contribution in [0.5, 0.6) is 5.75 Å². The molecule has 4 nitrogen and oxygen atoms in total. The van der Waals surface area contributed by atoms with Gasteiger partial charge in [0.15, 0.2) is 0 Å². The second kappa shape index (κ2) is 8.41. The third-order valence-corrected chi connectivity index (χ3v) is 5.95. The van der Waals surface area contributed by atoms with Gasteiger partial charge in [0, 0.05) is 6.42 Å². The maximum atomic E-state index is 12.2. The van der Waals surface area contributed by atoms with Crippen molar-refractivity contribution in [1.82, 2.24) is 5.32 Å². The third kappa shape index (κ3) is 3.95. The van der Waals surface area contributed by atoms with E-state index in [0.717, 1.165) is 31.6 Å². The number of benzene rings is 1. The normalized spacial score (nSPS) is 27.5. The zero-order valence-corrected chi connectivity index (χ0v) is 16.2. The topological polar surface area (TPSA) is 64.3 Å². The van der Waals surface area contributed by atoms with Crippen LogP contribution >= 0.6 is 12.4 Å². The summed E-state index contributed by atoms with van der Waals surface area (Å²) in [6.45, 7) is 5.36. The minimum atomic E-state index is 0. The fraction of sp³-hybridized carbons (Fsp3) is 0.650. The summed E-state index contributed by atoms with van der Waals surface area (Å²) < 4.78 is 5.69. The Kier molecular flexibility index (Phi) is 6.75. The summed E-state index contributed by atoms with van der Waals surface area (Å²) in [4.78, 5) is 12.2. The van der Waals surface area contributed by atoms with E-state index in [1.54, 1.807) is 0 Å². The molecule has 0 aliphatic heterocycles. The van der Waals surface area contributed by atoms with Gasteiger partial charge >= 0.3 is 0 Å². The van der Waals surface area contributed by atoms with Crippen molar-refractivity contribution in [2.45, 2.75) is 58.4 Å². The molecule has 1 aromatic rings. The van der Waals surface area contributed by atoms with Crippen molar-refractivity contribution in [1.29, 1.82) is 0 Å². The Morgan fingerprint density at radius 2 is 2.04 bits per heavy atom. The van der Waals surface area contributed by atoms with Crippen LogP contribution in [0.4, 0.5) is 0 Å². The van der Waals surface area contributed by atoms with E-state index < -0.39 is 0 Å². The number of fused-ring (bicyclic) bond motifs is 1. The molecule has 140 valence electrons. The molecule has 0 heterocycles. The van der Waals surface area contributed by atoms with E-state index in [2.05, 4.69) is 23.5 Å². The average molecular weight is 367 g/mol. The van der Waals surface area contributed by atoms with Gasteiger partial charge in [-0.3, -0.25) is 4.79 Å². The predicted molar refractivity (Wildman–Crippen MR) is 103 cm³/mol. The Morgan fingerprint density at radius 1 is 1.32 bits per heavy atom. The molecular formula is C20H31ClN2O2. The monoisotopic (exact) mass is 366 g/mol. The fourth-order valence-corrected chi connectivity index (χ4v) is 4.52. The summed E-state index contributed by atoms with van der Waals surface area (Å²) in [5.41, 5.74) is 8.66. The van der Waals surface area contributed by atoms with Crippen molar-refractivity contribution < 1.29 is 9.53 Å². The van der Waals surface area contributed by atoms with Gasteiger partial charge < -0.3 is 15.8 Å². The van der Waals surface area contributed by atoms with E-state index in [9.17, 15) is 4.79 Å². The van der Waals surface area contributed by atoms with Crippen LogP contribution in [0.15, 0.2) is 18.2 Å². The SMILES string of the molecule is CCOc1ccc2c(c1)C(NC(=O)CC)C1(CCC(CN)CC1)C2.Cl. The number of ether oxygens (including phenoxy) is 1. The van der Waals surface area contributed by atoms with Crippen molar-refractivity contribution in [2.75, 3.05) is 13.2 Å². The minimum Gasteiger partial charge on any atom is -0.494 e. The van der Waals surface area contributed by atoms with Crippen LogP contribution in [-0.4, -0.2) is 19.1 Å². The molecule has 1 saturated carbocycles. The lowest BCUT2D eigenvalue weighted by molar-refractivity contribution is -0.122. The van der Waals surface area contributed by atoms with Crippen molar-refractivity contribution in [3.63, 3.8) is 0 Å². The lowest BCUT2D eigenvalue weighted by atomic mass is 9.66. The highest BCUT2D eigenvalue weighted by Gasteiger charge is 2.48. The molecule has 3 N–H and O–H groups in total. The second-order valence-corrected chi connectivity index (χ2v) is 7.37. The largest absolute Gasteiger partial charge is 0.494 e. The first-order chi connectivity index (χ1) is 11.6. The molecule has 25 heavy (non-hydrogen) atoms. The van der Waals surface area contributed by atoms with Gasteiger partial charge in [-0.05, 0) is 80.2 Å². The maximum Gasteiger partial charge on any atom is 0.220 e. The molecule has 0 bridgehead atoms. The zero-order valence-electron chi connectivity index (χ0n) is 15.3. The van der Waals surface area contributed by atoms with Gasteiger partial charge in [0.05, 0.1) is 12.6 Å². The molecular weight excluding hydrogens is 336 g/mol. The van der Waals surface area contributed by atoms with Crippen LogP contribution in [0.2, 0.25) is 0 Å². The van der Waals surface area contributed by atoms with Gasteiger partial charge in [0.1, 0.15) is 5.75 Å². The number of hydrogen-bond donors (Lipinski definition) is 2. The minimum absolute atomic E-state index is 0. The standard InChI is InChI=1S/C20H30N2O2.ClH/c1-3-18(23)22-19-17-11-16(24-4-2)6-5-15(17)12-20(19)9-7-14(13-21)8-10-20;/h5-6,11,14,19H,3-4,7-10,12-13,21H2,1-2H3,(H,22,23);1H. The molecule has 3 rings (SSSR count). The van der Waals surface area contributed by atoms with Crippen LogP contribution < -0.4 is 15.8 Å². The number of amides is 1. The van der Waals surface area contributed by atoms with Crippen molar-refractivity contribution in [3.05, 3.63) is 29.3 Å². The van der Waals surface area contributed by atoms with Gasteiger partial charge in [-0.1, -0.05) is 13.0 Å². The second-order valence-electron chi connectivity index (χ2n) is 7.37. The van der Waals surface area contributed by atoms with Crippen LogP contribution in [0.3, 0.4) is 0 Å². The molecule has 1 unspecified atom stereocenters.